The summed E-state index contributed by atoms with van der Waals surface area (Å²) in [5.41, 5.74) is 0.744. The molecule has 1 aromatic rings. The lowest BCUT2D eigenvalue weighted by Gasteiger charge is -2.43. The molecule has 0 amide bonds. The molecule has 14 heavy (non-hydrogen) atoms. The minimum atomic E-state index is -0.499. The van der Waals surface area contributed by atoms with Crippen LogP contribution in [0.5, 0.6) is 0 Å². The standard InChI is InChI=1S/C11H16O2S/c1-2-13-10-6-11(12,7-10)5-9-3-4-14-8-9/h3-4,8,10,12H,2,5-7H2,1H3. The van der Waals surface area contributed by atoms with Crippen molar-refractivity contribution in [3.63, 3.8) is 0 Å². The first-order chi connectivity index (χ1) is 6.72. The summed E-state index contributed by atoms with van der Waals surface area (Å²) < 4.78 is 5.44. The van der Waals surface area contributed by atoms with Gasteiger partial charge in [0.2, 0.25) is 0 Å². The summed E-state index contributed by atoms with van der Waals surface area (Å²) in [6, 6.07) is 2.08. The van der Waals surface area contributed by atoms with Crippen LogP contribution in [0.4, 0.5) is 0 Å². The van der Waals surface area contributed by atoms with Crippen LogP contribution in [0.1, 0.15) is 25.3 Å². The van der Waals surface area contributed by atoms with Crippen LogP contribution < -0.4 is 0 Å². The van der Waals surface area contributed by atoms with Crippen molar-refractivity contribution in [2.24, 2.45) is 0 Å². The van der Waals surface area contributed by atoms with Gasteiger partial charge in [0.15, 0.2) is 0 Å². The van der Waals surface area contributed by atoms with E-state index < -0.39 is 5.60 Å². The number of aliphatic hydroxyl groups is 1. The van der Waals surface area contributed by atoms with E-state index in [9.17, 15) is 5.11 Å². The van der Waals surface area contributed by atoms with Crippen molar-refractivity contribution < 1.29 is 9.84 Å². The van der Waals surface area contributed by atoms with E-state index in [1.165, 1.54) is 5.56 Å². The third-order valence-electron chi connectivity index (χ3n) is 2.73. The molecule has 1 fully saturated rings. The second kappa shape index (κ2) is 4.01. The van der Waals surface area contributed by atoms with Crippen LogP contribution in [-0.2, 0) is 11.2 Å². The summed E-state index contributed by atoms with van der Waals surface area (Å²) in [5.74, 6) is 0. The van der Waals surface area contributed by atoms with Crippen LogP contribution in [0.3, 0.4) is 0 Å². The highest BCUT2D eigenvalue weighted by Gasteiger charge is 2.43. The third-order valence-corrected chi connectivity index (χ3v) is 3.46. The first-order valence-electron chi connectivity index (χ1n) is 5.07. The minimum Gasteiger partial charge on any atom is -0.389 e. The molecule has 0 aromatic carbocycles. The van der Waals surface area contributed by atoms with Crippen molar-refractivity contribution in [3.05, 3.63) is 22.4 Å². The smallest absolute Gasteiger partial charge is 0.0737 e. The summed E-state index contributed by atoms with van der Waals surface area (Å²) in [7, 11) is 0. The van der Waals surface area contributed by atoms with Crippen molar-refractivity contribution in [1.29, 1.82) is 0 Å². The quantitative estimate of drug-likeness (QED) is 0.829. The lowest BCUT2D eigenvalue weighted by molar-refractivity contribution is -0.136. The van der Waals surface area contributed by atoms with Gasteiger partial charge in [-0.3, -0.25) is 0 Å². The van der Waals surface area contributed by atoms with Gasteiger partial charge in [0, 0.05) is 25.9 Å². The molecule has 0 bridgehead atoms. The van der Waals surface area contributed by atoms with Gasteiger partial charge in [-0.15, -0.1) is 0 Å². The van der Waals surface area contributed by atoms with Crippen molar-refractivity contribution in [1.82, 2.24) is 0 Å². The Morgan fingerprint density at radius 3 is 3.00 bits per heavy atom. The zero-order valence-electron chi connectivity index (χ0n) is 8.40. The highest BCUT2D eigenvalue weighted by Crippen LogP contribution is 2.37. The minimum absolute atomic E-state index is 0.281. The summed E-state index contributed by atoms with van der Waals surface area (Å²) in [5, 5.41) is 14.3. The molecule has 1 N–H and O–H groups in total. The van der Waals surface area contributed by atoms with Gasteiger partial charge in [-0.25, -0.2) is 0 Å². The highest BCUT2D eigenvalue weighted by atomic mass is 32.1. The largest absolute Gasteiger partial charge is 0.389 e. The second-order valence-corrected chi connectivity index (χ2v) is 4.80. The van der Waals surface area contributed by atoms with Gasteiger partial charge in [-0.2, -0.15) is 11.3 Å². The van der Waals surface area contributed by atoms with Gasteiger partial charge >= 0.3 is 0 Å². The van der Waals surface area contributed by atoms with E-state index in [0.29, 0.717) is 0 Å². The van der Waals surface area contributed by atoms with Gasteiger partial charge < -0.3 is 9.84 Å². The van der Waals surface area contributed by atoms with E-state index in [1.54, 1.807) is 11.3 Å². The van der Waals surface area contributed by atoms with E-state index in [-0.39, 0.29) is 6.10 Å². The van der Waals surface area contributed by atoms with E-state index >= 15 is 0 Å². The SMILES string of the molecule is CCOC1CC(O)(Cc2ccsc2)C1. The maximum absolute atomic E-state index is 10.1. The van der Waals surface area contributed by atoms with Gasteiger partial charge in [-0.05, 0) is 29.3 Å². The number of hydrogen-bond donors (Lipinski definition) is 1. The van der Waals surface area contributed by atoms with Crippen LogP contribution in [0.15, 0.2) is 16.8 Å². The molecule has 3 heteroatoms. The second-order valence-electron chi connectivity index (χ2n) is 4.02. The zero-order valence-corrected chi connectivity index (χ0v) is 9.22. The van der Waals surface area contributed by atoms with Gasteiger partial charge in [0.1, 0.15) is 0 Å². The van der Waals surface area contributed by atoms with E-state index in [4.69, 9.17) is 4.74 Å². The lowest BCUT2D eigenvalue weighted by atomic mass is 9.74. The van der Waals surface area contributed by atoms with E-state index in [0.717, 1.165) is 25.9 Å². The third kappa shape index (κ3) is 2.16. The molecule has 1 saturated carbocycles. The Hall–Kier alpha value is -0.380. The number of thiophene rings is 1. The molecule has 0 saturated heterocycles. The van der Waals surface area contributed by atoms with Crippen molar-refractivity contribution in [2.75, 3.05) is 6.61 Å². The molecule has 2 nitrogen and oxygen atoms in total. The first kappa shape index (κ1) is 10.1. The maximum atomic E-state index is 10.1. The molecule has 2 rings (SSSR count). The molecule has 0 atom stereocenters. The van der Waals surface area contributed by atoms with Crippen LogP contribution >= 0.6 is 11.3 Å². The summed E-state index contributed by atoms with van der Waals surface area (Å²) in [6.07, 6.45) is 2.64. The molecule has 1 heterocycles. The fraction of sp³-hybridized carbons (Fsp3) is 0.636. The molecule has 0 radical (unpaired) electrons. The van der Waals surface area contributed by atoms with Crippen LogP contribution in [0, 0.1) is 0 Å². The molecule has 0 unspecified atom stereocenters. The predicted molar refractivity (Wildman–Crippen MR) is 57.6 cm³/mol. The summed E-state index contributed by atoms with van der Waals surface area (Å²) >= 11 is 1.68. The molecule has 1 aromatic heterocycles. The molecular weight excluding hydrogens is 196 g/mol. The number of ether oxygens (including phenoxy) is 1. The molecular formula is C11H16O2S. The lowest BCUT2D eigenvalue weighted by Crippen LogP contribution is -2.49. The molecule has 0 spiro atoms. The van der Waals surface area contributed by atoms with Crippen molar-refractivity contribution in [2.45, 2.75) is 37.9 Å². The van der Waals surface area contributed by atoms with Gasteiger partial charge in [-0.1, -0.05) is 0 Å². The number of rotatable bonds is 4. The summed E-state index contributed by atoms with van der Waals surface area (Å²) in [6.45, 7) is 2.75. The number of hydrogen-bond acceptors (Lipinski definition) is 3. The van der Waals surface area contributed by atoms with E-state index in [1.807, 2.05) is 6.92 Å². The van der Waals surface area contributed by atoms with Crippen molar-refractivity contribution in [3.8, 4) is 0 Å². The van der Waals surface area contributed by atoms with Crippen LogP contribution in [0.2, 0.25) is 0 Å². The molecule has 1 aliphatic rings. The maximum Gasteiger partial charge on any atom is 0.0737 e. The van der Waals surface area contributed by atoms with Crippen LogP contribution in [-0.4, -0.2) is 23.4 Å². The topological polar surface area (TPSA) is 29.5 Å². The first-order valence-corrected chi connectivity index (χ1v) is 6.01. The summed E-state index contributed by atoms with van der Waals surface area (Å²) in [4.78, 5) is 0. The molecule has 0 aliphatic heterocycles. The Bertz CT molecular complexity index is 275. The Morgan fingerprint density at radius 1 is 1.64 bits per heavy atom. The fourth-order valence-electron chi connectivity index (χ4n) is 2.06. The average molecular weight is 212 g/mol. The van der Waals surface area contributed by atoms with Crippen molar-refractivity contribution >= 4 is 11.3 Å². The average Bonchev–Trinajstić information content (AvgIpc) is 2.54. The Labute approximate surface area is 88.5 Å². The highest BCUT2D eigenvalue weighted by molar-refractivity contribution is 7.07. The van der Waals surface area contributed by atoms with Gasteiger partial charge in [0.25, 0.3) is 0 Å². The van der Waals surface area contributed by atoms with Gasteiger partial charge in [0.05, 0.1) is 11.7 Å². The van der Waals surface area contributed by atoms with E-state index in [2.05, 4.69) is 16.8 Å². The molecule has 78 valence electrons. The molecule has 1 aliphatic carbocycles. The Kier molecular flexibility index (Phi) is 2.91. The normalized spacial score (nSPS) is 31.4. The zero-order chi connectivity index (χ0) is 10.0. The predicted octanol–water partition coefficient (Wildman–Crippen LogP) is 2.22. The van der Waals surface area contributed by atoms with Crippen LogP contribution in [0.25, 0.3) is 0 Å². The monoisotopic (exact) mass is 212 g/mol. The Morgan fingerprint density at radius 2 is 2.43 bits per heavy atom. The Balaban J connectivity index is 1.83. The fourth-order valence-corrected chi connectivity index (χ4v) is 2.73.